The lowest BCUT2D eigenvalue weighted by atomic mass is 10.1. The fourth-order valence-electron chi connectivity index (χ4n) is 2.04. The zero-order valence-electron chi connectivity index (χ0n) is 12.0. The summed E-state index contributed by atoms with van der Waals surface area (Å²) in [5.41, 5.74) is 8.19. The summed E-state index contributed by atoms with van der Waals surface area (Å²) in [6.45, 7) is 2.41. The van der Waals surface area contributed by atoms with Crippen molar-refractivity contribution in [2.75, 3.05) is 7.11 Å². The van der Waals surface area contributed by atoms with Crippen molar-refractivity contribution in [2.45, 2.75) is 20.1 Å². The Morgan fingerprint density at radius 2 is 1.95 bits per heavy atom. The fourth-order valence-corrected chi connectivity index (χ4v) is 2.27. The normalized spacial score (nSPS) is 10.5. The minimum Gasteiger partial charge on any atom is -0.493 e. The van der Waals surface area contributed by atoms with Gasteiger partial charge in [-0.1, -0.05) is 17.7 Å². The third-order valence-corrected chi connectivity index (χ3v) is 3.44. The molecule has 3 nitrogen and oxygen atoms in total. The van der Waals surface area contributed by atoms with Crippen molar-refractivity contribution in [3.05, 3.63) is 57.9 Å². The Balaban J connectivity index is 2.29. The van der Waals surface area contributed by atoms with Gasteiger partial charge in [0.25, 0.3) is 0 Å². The highest BCUT2D eigenvalue weighted by atomic mass is 35.5. The van der Waals surface area contributed by atoms with Gasteiger partial charge in [0.15, 0.2) is 11.5 Å². The summed E-state index contributed by atoms with van der Waals surface area (Å²) in [4.78, 5) is 0. The van der Waals surface area contributed by atoms with E-state index in [2.05, 4.69) is 0 Å². The number of hydrogen-bond donors (Lipinski definition) is 1. The molecule has 112 valence electrons. The number of aryl methyl sites for hydroxylation is 1. The van der Waals surface area contributed by atoms with E-state index >= 15 is 0 Å². The van der Waals surface area contributed by atoms with E-state index in [1.54, 1.807) is 18.2 Å². The molecule has 0 unspecified atom stereocenters. The van der Waals surface area contributed by atoms with Crippen LogP contribution in [0.25, 0.3) is 0 Å². The van der Waals surface area contributed by atoms with E-state index in [0.29, 0.717) is 16.5 Å². The lowest BCUT2D eigenvalue weighted by Gasteiger charge is -2.16. The molecule has 0 saturated heterocycles. The molecule has 2 aromatic carbocycles. The van der Waals surface area contributed by atoms with Crippen molar-refractivity contribution in [2.24, 2.45) is 5.73 Å². The molecule has 5 heteroatoms. The number of benzene rings is 2. The molecular formula is C16H17ClFNO2. The van der Waals surface area contributed by atoms with Gasteiger partial charge in [-0.2, -0.15) is 0 Å². The van der Waals surface area contributed by atoms with Crippen molar-refractivity contribution < 1.29 is 13.9 Å². The third-order valence-electron chi connectivity index (χ3n) is 3.22. The van der Waals surface area contributed by atoms with E-state index < -0.39 is 0 Å². The number of rotatable bonds is 5. The van der Waals surface area contributed by atoms with Gasteiger partial charge in [-0.15, -0.1) is 0 Å². The predicted octanol–water partition coefficient (Wildman–Crippen LogP) is 3.83. The number of hydrogen-bond acceptors (Lipinski definition) is 3. The van der Waals surface area contributed by atoms with Crippen LogP contribution in [0.1, 0.15) is 16.7 Å². The summed E-state index contributed by atoms with van der Waals surface area (Å²) >= 11 is 6.00. The van der Waals surface area contributed by atoms with Crippen LogP contribution < -0.4 is 15.2 Å². The van der Waals surface area contributed by atoms with Gasteiger partial charge in [0.1, 0.15) is 12.4 Å². The number of methoxy groups -OCH3 is 1. The first kappa shape index (κ1) is 15.6. The van der Waals surface area contributed by atoms with Crippen LogP contribution in [0, 0.1) is 12.7 Å². The topological polar surface area (TPSA) is 44.5 Å². The maximum atomic E-state index is 13.3. The van der Waals surface area contributed by atoms with E-state index in [4.69, 9.17) is 26.8 Å². The molecule has 0 saturated carbocycles. The Morgan fingerprint density at radius 3 is 2.62 bits per heavy atom. The average Bonchev–Trinajstić information content (AvgIpc) is 2.48. The predicted molar refractivity (Wildman–Crippen MR) is 81.4 cm³/mol. The van der Waals surface area contributed by atoms with Crippen LogP contribution >= 0.6 is 11.6 Å². The molecule has 2 aromatic rings. The molecule has 0 aliphatic heterocycles. The van der Waals surface area contributed by atoms with Crippen molar-refractivity contribution in [3.8, 4) is 11.5 Å². The van der Waals surface area contributed by atoms with Gasteiger partial charge in [0.2, 0.25) is 0 Å². The largest absolute Gasteiger partial charge is 0.493 e. The van der Waals surface area contributed by atoms with Crippen molar-refractivity contribution >= 4 is 11.6 Å². The Morgan fingerprint density at radius 1 is 1.19 bits per heavy atom. The van der Waals surface area contributed by atoms with Gasteiger partial charge in [0.05, 0.1) is 7.11 Å². The Hall–Kier alpha value is -1.78. The Labute approximate surface area is 128 Å². The first-order valence-corrected chi connectivity index (χ1v) is 6.87. The molecule has 0 aliphatic carbocycles. The van der Waals surface area contributed by atoms with Crippen LogP contribution in [0.15, 0.2) is 30.3 Å². The molecule has 0 radical (unpaired) electrons. The first-order valence-electron chi connectivity index (χ1n) is 6.49. The molecular weight excluding hydrogens is 293 g/mol. The highest BCUT2D eigenvalue weighted by Crippen LogP contribution is 2.35. The van der Waals surface area contributed by atoms with E-state index in [1.807, 2.05) is 6.92 Å². The lowest BCUT2D eigenvalue weighted by molar-refractivity contribution is 0.280. The van der Waals surface area contributed by atoms with E-state index in [0.717, 1.165) is 16.7 Å². The van der Waals surface area contributed by atoms with Crippen LogP contribution in [-0.2, 0) is 13.2 Å². The van der Waals surface area contributed by atoms with Crippen LogP contribution in [0.5, 0.6) is 11.5 Å². The summed E-state index contributed by atoms with van der Waals surface area (Å²) in [7, 11) is 1.53. The van der Waals surface area contributed by atoms with Crippen molar-refractivity contribution in [3.63, 3.8) is 0 Å². The van der Waals surface area contributed by atoms with Crippen LogP contribution in [0.2, 0.25) is 5.02 Å². The van der Waals surface area contributed by atoms with Crippen molar-refractivity contribution in [1.29, 1.82) is 0 Å². The molecule has 2 N–H and O–H groups in total. The molecule has 2 rings (SSSR count). The maximum Gasteiger partial charge on any atom is 0.166 e. The maximum absolute atomic E-state index is 13.3. The Kier molecular flexibility index (Phi) is 5.04. The zero-order chi connectivity index (χ0) is 15.4. The highest BCUT2D eigenvalue weighted by molar-refractivity contribution is 6.30. The summed E-state index contributed by atoms with van der Waals surface area (Å²) in [5, 5.41) is 0.529. The molecule has 0 aliphatic rings. The van der Waals surface area contributed by atoms with Gasteiger partial charge in [-0.05, 0) is 36.2 Å². The van der Waals surface area contributed by atoms with Gasteiger partial charge < -0.3 is 15.2 Å². The second-order valence-corrected chi connectivity index (χ2v) is 5.10. The zero-order valence-corrected chi connectivity index (χ0v) is 12.7. The number of nitrogens with two attached hydrogens (primary N) is 1. The van der Waals surface area contributed by atoms with Crippen molar-refractivity contribution in [1.82, 2.24) is 0 Å². The second-order valence-electron chi connectivity index (χ2n) is 4.66. The fraction of sp³-hybridized carbons (Fsp3) is 0.250. The lowest BCUT2D eigenvalue weighted by Crippen LogP contribution is -2.05. The standard InChI is InChI=1S/C16H17ClFNO2/c1-10-3-4-14(18)6-12(10)9-21-16-11(8-19)5-13(17)7-15(16)20-2/h3-7H,8-9,19H2,1-2H3. The molecule has 21 heavy (non-hydrogen) atoms. The summed E-state index contributed by atoms with van der Waals surface area (Å²) in [6, 6.07) is 8.00. The third kappa shape index (κ3) is 3.65. The molecule has 0 aromatic heterocycles. The van der Waals surface area contributed by atoms with Gasteiger partial charge >= 0.3 is 0 Å². The molecule has 0 bridgehead atoms. The molecule has 0 heterocycles. The quantitative estimate of drug-likeness (QED) is 0.913. The SMILES string of the molecule is COc1cc(Cl)cc(CN)c1OCc1cc(F)ccc1C. The summed E-state index contributed by atoms with van der Waals surface area (Å²) in [5.74, 6) is 0.756. The first-order chi connectivity index (χ1) is 10.0. The van der Waals surface area contributed by atoms with E-state index in [1.165, 1.54) is 19.2 Å². The van der Waals surface area contributed by atoms with E-state index in [-0.39, 0.29) is 19.0 Å². The molecule has 0 spiro atoms. The van der Waals surface area contributed by atoms with Crippen LogP contribution in [0.3, 0.4) is 0 Å². The van der Waals surface area contributed by atoms with Gasteiger partial charge in [-0.25, -0.2) is 4.39 Å². The average molecular weight is 310 g/mol. The van der Waals surface area contributed by atoms with Gasteiger partial charge in [-0.3, -0.25) is 0 Å². The number of ether oxygens (including phenoxy) is 2. The van der Waals surface area contributed by atoms with Crippen LogP contribution in [0.4, 0.5) is 4.39 Å². The second kappa shape index (κ2) is 6.78. The monoisotopic (exact) mass is 309 g/mol. The summed E-state index contributed by atoms with van der Waals surface area (Å²) < 4.78 is 24.4. The van der Waals surface area contributed by atoms with Crippen LogP contribution in [-0.4, -0.2) is 7.11 Å². The summed E-state index contributed by atoms with van der Waals surface area (Å²) in [6.07, 6.45) is 0. The molecule has 0 fully saturated rings. The smallest absolute Gasteiger partial charge is 0.166 e. The minimum absolute atomic E-state index is 0.231. The van der Waals surface area contributed by atoms with E-state index in [9.17, 15) is 4.39 Å². The highest BCUT2D eigenvalue weighted by Gasteiger charge is 2.13. The number of halogens is 2. The minimum atomic E-state index is -0.290. The molecule has 0 amide bonds. The van der Waals surface area contributed by atoms with Gasteiger partial charge in [0, 0.05) is 23.2 Å². The molecule has 0 atom stereocenters. The Bertz CT molecular complexity index is 621.